The summed E-state index contributed by atoms with van der Waals surface area (Å²) in [5, 5.41) is 18.0. The molecule has 1 aliphatic heterocycles. The van der Waals surface area contributed by atoms with Crippen molar-refractivity contribution in [3.63, 3.8) is 0 Å². The molecule has 0 spiro atoms. The van der Waals surface area contributed by atoms with Crippen LogP contribution in [0.3, 0.4) is 0 Å². The van der Waals surface area contributed by atoms with E-state index in [1.54, 1.807) is 0 Å². The van der Waals surface area contributed by atoms with Crippen molar-refractivity contribution >= 4 is 67.6 Å². The predicted molar refractivity (Wildman–Crippen MR) is 99.9 cm³/mol. The normalized spacial score (nSPS) is 14.8. The van der Waals surface area contributed by atoms with Gasteiger partial charge in [-0.2, -0.15) is 0 Å². The molecule has 1 heterocycles. The monoisotopic (exact) mass is 618 g/mol. The van der Waals surface area contributed by atoms with Gasteiger partial charge in [0.05, 0.1) is 6.54 Å². The predicted octanol–water partition coefficient (Wildman–Crippen LogP) is -4.54. The van der Waals surface area contributed by atoms with Crippen LogP contribution >= 0.6 is 0 Å². The van der Waals surface area contributed by atoms with Gasteiger partial charge in [0.15, 0.2) is 0 Å². The SMILES string of the molecule is O=CC([CH2][Pb])NC(=O)CNC(=O)CNC(=O)C(CNCC(=O)O)N1C(=O)C=CC1=O. The molecule has 0 aromatic carbocycles. The van der Waals surface area contributed by atoms with Crippen LogP contribution in [0, 0.1) is 0 Å². The molecule has 3 radical (unpaired) electrons. The second-order valence-electron chi connectivity index (χ2n) is 5.93. The van der Waals surface area contributed by atoms with Crippen LogP contribution in [0.15, 0.2) is 12.2 Å². The Bertz CT molecular complexity index is 738. The number of imide groups is 1. The number of carboxylic acids is 1. The maximum absolute atomic E-state index is 12.4. The molecule has 0 saturated heterocycles. The van der Waals surface area contributed by atoms with Gasteiger partial charge in [-0.3, -0.25) is 14.4 Å². The third-order valence-corrected chi connectivity index (χ3v) is 5.38. The van der Waals surface area contributed by atoms with E-state index in [2.05, 4.69) is 21.3 Å². The molecular weight excluding hydrogens is 597 g/mol. The van der Waals surface area contributed by atoms with Crippen LogP contribution in [0.25, 0.3) is 0 Å². The molecule has 0 aromatic heterocycles. The number of aliphatic carboxylic acids is 1. The van der Waals surface area contributed by atoms with Gasteiger partial charge in [0.1, 0.15) is 0 Å². The van der Waals surface area contributed by atoms with E-state index in [-0.39, 0.29) is 6.54 Å². The van der Waals surface area contributed by atoms with Gasteiger partial charge in [-0.1, -0.05) is 0 Å². The molecule has 0 fully saturated rings. The van der Waals surface area contributed by atoms with E-state index in [0.717, 1.165) is 12.2 Å². The molecule has 0 aliphatic carbocycles. The number of carboxylic acid groups (broad SMARTS) is 1. The molecule has 0 saturated carbocycles. The molecule has 0 aromatic rings. The number of carbonyl (C=O) groups is 7. The van der Waals surface area contributed by atoms with Gasteiger partial charge in [-0.15, -0.1) is 0 Å². The molecule has 2 unspecified atom stereocenters. The first-order chi connectivity index (χ1) is 14.2. The molecule has 30 heavy (non-hydrogen) atoms. The fraction of sp³-hybridized carbons (Fsp3) is 0.438. The van der Waals surface area contributed by atoms with E-state index in [0.29, 0.717) is 40.9 Å². The molecule has 2 atom stereocenters. The van der Waals surface area contributed by atoms with E-state index in [1.807, 2.05) is 0 Å². The van der Waals surface area contributed by atoms with Crippen LogP contribution in [0.1, 0.15) is 0 Å². The Hall–Kier alpha value is -2.69. The van der Waals surface area contributed by atoms with Crippen molar-refractivity contribution in [2.75, 3.05) is 26.2 Å². The molecule has 5 amide bonds. The summed E-state index contributed by atoms with van der Waals surface area (Å²) in [4.78, 5) is 81.5. The number of carbonyl (C=O) groups excluding carboxylic acids is 6. The summed E-state index contributed by atoms with van der Waals surface area (Å²) in [5.74, 6) is -4.86. The van der Waals surface area contributed by atoms with Crippen LogP contribution in [0.4, 0.5) is 0 Å². The quantitative estimate of drug-likeness (QED) is 0.0770. The van der Waals surface area contributed by atoms with Crippen molar-refractivity contribution in [2.45, 2.75) is 16.1 Å². The molecular formula is C16H20N5O8Pb. The molecule has 161 valence electrons. The summed E-state index contributed by atoms with van der Waals surface area (Å²) in [6, 6.07) is -1.98. The zero-order valence-corrected chi connectivity index (χ0v) is 19.6. The minimum absolute atomic E-state index is 0.339. The fourth-order valence-electron chi connectivity index (χ4n) is 2.25. The minimum Gasteiger partial charge on any atom is -0.480 e. The summed E-state index contributed by atoms with van der Waals surface area (Å²) in [6.07, 6.45) is 2.54. The Kier molecular flexibility index (Phi) is 10.8. The zero-order chi connectivity index (χ0) is 22.7. The van der Waals surface area contributed by atoms with Crippen LogP contribution in [0.5, 0.6) is 0 Å². The average Bonchev–Trinajstić information content (AvgIpc) is 3.03. The first-order valence-electron chi connectivity index (χ1n) is 8.61. The summed E-state index contributed by atoms with van der Waals surface area (Å²) in [6.45, 7) is -1.81. The topological polar surface area (TPSA) is 191 Å². The molecule has 5 N–H and O–H groups in total. The van der Waals surface area contributed by atoms with Crippen molar-refractivity contribution < 1.29 is 38.7 Å². The number of hydrogen-bond donors (Lipinski definition) is 5. The second kappa shape index (κ2) is 12.8. The second-order valence-corrected chi connectivity index (χ2v) is 7.52. The van der Waals surface area contributed by atoms with Crippen LogP contribution in [0.2, 0.25) is 3.98 Å². The first-order valence-corrected chi connectivity index (χ1v) is 11.4. The van der Waals surface area contributed by atoms with E-state index in [4.69, 9.17) is 5.11 Å². The number of aldehydes is 1. The Labute approximate surface area is 186 Å². The van der Waals surface area contributed by atoms with Crippen molar-refractivity contribution in [1.82, 2.24) is 26.2 Å². The summed E-state index contributed by atoms with van der Waals surface area (Å²) < 4.78 is 0.527. The number of amides is 5. The van der Waals surface area contributed by atoms with E-state index >= 15 is 0 Å². The number of rotatable bonds is 13. The van der Waals surface area contributed by atoms with Gasteiger partial charge in [0.25, 0.3) is 11.8 Å². The summed E-state index contributed by atoms with van der Waals surface area (Å²) in [7, 11) is 0. The van der Waals surface area contributed by atoms with Crippen LogP contribution in [-0.2, 0) is 33.6 Å². The standard InChI is InChI=1S/C16H20N5O8.Pb/c1-9(8-22)20-12(24)6-18-11(23)5-19-16(29)10(4-17-7-15(27)28)21-13(25)2-3-14(21)26;/h2-3,8-10,17H,1,4-7H2,(H,18,23)(H,19,29)(H,20,24)(H,27,28);. The minimum atomic E-state index is -1.38. The van der Waals surface area contributed by atoms with Gasteiger partial charge in [0.2, 0.25) is 0 Å². The molecule has 1 aliphatic rings. The Morgan fingerprint density at radius 2 is 1.63 bits per heavy atom. The molecule has 14 heteroatoms. The van der Waals surface area contributed by atoms with E-state index < -0.39 is 67.2 Å². The van der Waals surface area contributed by atoms with E-state index in [1.165, 1.54) is 0 Å². The van der Waals surface area contributed by atoms with Crippen molar-refractivity contribution in [1.29, 1.82) is 0 Å². The van der Waals surface area contributed by atoms with Crippen molar-refractivity contribution in [3.8, 4) is 0 Å². The van der Waals surface area contributed by atoms with E-state index in [9.17, 15) is 33.6 Å². The van der Waals surface area contributed by atoms with Crippen LogP contribution in [-0.4, -0.2) is 116 Å². The van der Waals surface area contributed by atoms with Gasteiger partial charge in [0, 0.05) is 12.2 Å². The Morgan fingerprint density at radius 1 is 1.03 bits per heavy atom. The maximum atomic E-state index is 12.4. The number of nitrogens with one attached hydrogen (secondary N) is 4. The summed E-state index contributed by atoms with van der Waals surface area (Å²) in [5.41, 5.74) is 0. The Balaban J connectivity index is 2.57. The van der Waals surface area contributed by atoms with Gasteiger partial charge in [-0.25, -0.2) is 0 Å². The van der Waals surface area contributed by atoms with Gasteiger partial charge < -0.3 is 10.4 Å². The zero-order valence-electron chi connectivity index (χ0n) is 15.7. The Morgan fingerprint density at radius 3 is 2.17 bits per heavy atom. The van der Waals surface area contributed by atoms with Gasteiger partial charge in [-0.05, 0) is 0 Å². The van der Waals surface area contributed by atoms with Crippen LogP contribution < -0.4 is 21.3 Å². The number of nitrogens with zero attached hydrogens (tertiary/aromatic N) is 1. The molecule has 13 nitrogen and oxygen atoms in total. The molecule has 0 bridgehead atoms. The summed E-state index contributed by atoms with van der Waals surface area (Å²) >= 11 is 0.709. The number of hydrogen-bond acceptors (Lipinski definition) is 8. The average molecular weight is 618 g/mol. The smallest absolute Gasteiger partial charge is 0.480 e. The third-order valence-electron chi connectivity index (χ3n) is 3.67. The molecule has 1 rings (SSSR count). The third kappa shape index (κ3) is 8.36. The fourth-order valence-corrected chi connectivity index (χ4v) is 3.02. The van der Waals surface area contributed by atoms with Crippen molar-refractivity contribution in [2.24, 2.45) is 0 Å². The first kappa shape index (κ1) is 25.3. The van der Waals surface area contributed by atoms with Gasteiger partial charge >= 0.3 is 131 Å². The van der Waals surface area contributed by atoms with Crippen molar-refractivity contribution in [3.05, 3.63) is 12.2 Å².